The molecule has 2 aromatic carbocycles. The Morgan fingerprint density at radius 2 is 0.758 bits per heavy atom. The Kier molecular flexibility index (Phi) is 14.2. The highest BCUT2D eigenvalue weighted by atomic mass is 14.2. The third kappa shape index (κ3) is 10.9. The molecule has 0 fully saturated rings. The first-order chi connectivity index (χ1) is 16.2. The molecule has 0 aliphatic rings. The fourth-order valence-electron chi connectivity index (χ4n) is 5.11. The standard InChI is InChI=1S/C33H52/c1-5-7-9-11-13-15-17-19-21-31-27-29(4)23-25-33(31)32-24-22-28(3)26-30(32)20-18-16-14-12-10-8-6-2/h22-27H,5-21H2,1-4H3. The molecule has 0 heterocycles. The number of rotatable bonds is 18. The van der Waals surface area contributed by atoms with Crippen molar-refractivity contribution in [2.75, 3.05) is 0 Å². The van der Waals surface area contributed by atoms with Gasteiger partial charge in [0.05, 0.1) is 0 Å². The summed E-state index contributed by atoms with van der Waals surface area (Å²) < 4.78 is 0. The Morgan fingerprint density at radius 3 is 1.12 bits per heavy atom. The molecule has 0 atom stereocenters. The van der Waals surface area contributed by atoms with Crippen LogP contribution in [0.25, 0.3) is 11.1 Å². The molecule has 0 amide bonds. The number of benzene rings is 2. The molecule has 184 valence electrons. The van der Waals surface area contributed by atoms with Crippen LogP contribution in [0.1, 0.15) is 132 Å². The van der Waals surface area contributed by atoms with Crippen molar-refractivity contribution in [3.63, 3.8) is 0 Å². The second-order valence-corrected chi connectivity index (χ2v) is 10.4. The predicted molar refractivity (Wildman–Crippen MR) is 149 cm³/mol. The van der Waals surface area contributed by atoms with Crippen molar-refractivity contribution in [2.24, 2.45) is 0 Å². The van der Waals surface area contributed by atoms with E-state index < -0.39 is 0 Å². The van der Waals surface area contributed by atoms with Gasteiger partial charge in [0.1, 0.15) is 0 Å². The minimum atomic E-state index is 1.22. The fourth-order valence-corrected chi connectivity index (χ4v) is 5.11. The molecule has 2 aromatic rings. The van der Waals surface area contributed by atoms with Crippen molar-refractivity contribution in [3.05, 3.63) is 58.7 Å². The van der Waals surface area contributed by atoms with E-state index in [1.54, 1.807) is 11.1 Å². The van der Waals surface area contributed by atoms with Crippen LogP contribution in [-0.4, -0.2) is 0 Å². The van der Waals surface area contributed by atoms with Gasteiger partial charge >= 0.3 is 0 Å². The molecule has 0 unspecified atom stereocenters. The molecule has 0 heteroatoms. The van der Waals surface area contributed by atoms with Crippen molar-refractivity contribution in [2.45, 2.75) is 137 Å². The summed E-state index contributed by atoms with van der Waals surface area (Å²) in [6.45, 7) is 9.09. The van der Waals surface area contributed by atoms with Gasteiger partial charge in [-0.2, -0.15) is 0 Å². The lowest BCUT2D eigenvalue weighted by Gasteiger charge is -2.16. The van der Waals surface area contributed by atoms with Gasteiger partial charge in [-0.1, -0.05) is 145 Å². The van der Waals surface area contributed by atoms with Crippen molar-refractivity contribution in [3.8, 4) is 11.1 Å². The van der Waals surface area contributed by atoms with E-state index in [1.165, 1.54) is 131 Å². The molecule has 0 nitrogen and oxygen atoms in total. The van der Waals surface area contributed by atoms with E-state index in [-0.39, 0.29) is 0 Å². The maximum atomic E-state index is 2.45. The highest BCUT2D eigenvalue weighted by Gasteiger charge is 2.11. The largest absolute Gasteiger partial charge is 0.0654 e. The summed E-state index contributed by atoms with van der Waals surface area (Å²) in [7, 11) is 0. The summed E-state index contributed by atoms with van der Waals surface area (Å²) in [5.74, 6) is 0. The molecular formula is C33H52. The molecule has 0 aromatic heterocycles. The maximum Gasteiger partial charge on any atom is -0.0149 e. The molecule has 0 N–H and O–H groups in total. The van der Waals surface area contributed by atoms with Gasteiger partial charge in [-0.25, -0.2) is 0 Å². The second-order valence-electron chi connectivity index (χ2n) is 10.4. The summed E-state index contributed by atoms with van der Waals surface area (Å²) in [5.41, 5.74) is 8.89. The van der Waals surface area contributed by atoms with Crippen LogP contribution in [0.3, 0.4) is 0 Å². The first-order valence-corrected chi connectivity index (χ1v) is 14.3. The average molecular weight is 449 g/mol. The molecule has 33 heavy (non-hydrogen) atoms. The predicted octanol–water partition coefficient (Wildman–Crippen LogP) is 10.9. The Bertz CT molecular complexity index is 770. The number of hydrogen-bond acceptors (Lipinski definition) is 0. The van der Waals surface area contributed by atoms with Gasteiger partial charge in [0.2, 0.25) is 0 Å². The summed E-state index contributed by atoms with van der Waals surface area (Å²) in [4.78, 5) is 0. The SMILES string of the molecule is CCCCCCCCCCc1cc(C)ccc1-c1ccc(C)cc1CCCCCCCCC. The van der Waals surface area contributed by atoms with Gasteiger partial charge in [-0.05, 0) is 61.8 Å². The van der Waals surface area contributed by atoms with Crippen molar-refractivity contribution < 1.29 is 0 Å². The van der Waals surface area contributed by atoms with Crippen LogP contribution < -0.4 is 0 Å². The lowest BCUT2D eigenvalue weighted by Crippen LogP contribution is -1.97. The van der Waals surface area contributed by atoms with Crippen molar-refractivity contribution in [1.29, 1.82) is 0 Å². The summed E-state index contributed by atoms with van der Waals surface area (Å²) in [6, 6.07) is 14.3. The minimum absolute atomic E-state index is 1.22. The van der Waals surface area contributed by atoms with E-state index >= 15 is 0 Å². The highest BCUT2D eigenvalue weighted by Crippen LogP contribution is 2.31. The maximum absolute atomic E-state index is 2.45. The van der Waals surface area contributed by atoms with Crippen LogP contribution in [0, 0.1) is 13.8 Å². The molecule has 2 rings (SSSR count). The smallest absolute Gasteiger partial charge is 0.0149 e. The van der Waals surface area contributed by atoms with Crippen LogP contribution in [0.4, 0.5) is 0 Å². The Morgan fingerprint density at radius 1 is 0.424 bits per heavy atom. The van der Waals surface area contributed by atoms with Crippen LogP contribution in [0.2, 0.25) is 0 Å². The first-order valence-electron chi connectivity index (χ1n) is 14.3. The zero-order chi connectivity index (χ0) is 23.7. The van der Waals surface area contributed by atoms with E-state index in [4.69, 9.17) is 0 Å². The van der Waals surface area contributed by atoms with Gasteiger partial charge in [-0.15, -0.1) is 0 Å². The summed E-state index contributed by atoms with van der Waals surface area (Å²) in [5, 5.41) is 0. The van der Waals surface area contributed by atoms with Gasteiger partial charge in [0, 0.05) is 0 Å². The Labute approximate surface area is 206 Å². The second kappa shape index (κ2) is 17.0. The van der Waals surface area contributed by atoms with Gasteiger partial charge in [0.25, 0.3) is 0 Å². The Balaban J connectivity index is 1.96. The van der Waals surface area contributed by atoms with E-state index in [2.05, 4.69) is 64.1 Å². The van der Waals surface area contributed by atoms with E-state index in [9.17, 15) is 0 Å². The fraction of sp³-hybridized carbons (Fsp3) is 0.636. The number of aryl methyl sites for hydroxylation is 4. The Hall–Kier alpha value is -1.56. The van der Waals surface area contributed by atoms with Gasteiger partial charge in [0.15, 0.2) is 0 Å². The monoisotopic (exact) mass is 448 g/mol. The molecular weight excluding hydrogens is 396 g/mol. The normalized spacial score (nSPS) is 11.3. The lowest BCUT2D eigenvalue weighted by atomic mass is 9.89. The lowest BCUT2D eigenvalue weighted by molar-refractivity contribution is 0.575. The van der Waals surface area contributed by atoms with Gasteiger partial charge < -0.3 is 0 Å². The van der Waals surface area contributed by atoms with Crippen molar-refractivity contribution in [1.82, 2.24) is 0 Å². The van der Waals surface area contributed by atoms with Crippen molar-refractivity contribution >= 4 is 0 Å². The number of unbranched alkanes of at least 4 members (excludes halogenated alkanes) is 13. The third-order valence-electron chi connectivity index (χ3n) is 7.16. The van der Waals surface area contributed by atoms with Crippen LogP contribution >= 0.6 is 0 Å². The van der Waals surface area contributed by atoms with Crippen LogP contribution in [0.15, 0.2) is 36.4 Å². The van der Waals surface area contributed by atoms with Gasteiger partial charge in [-0.3, -0.25) is 0 Å². The summed E-state index contributed by atoms with van der Waals surface area (Å²) in [6.07, 6.45) is 23.2. The molecule has 0 spiro atoms. The molecule has 0 saturated heterocycles. The van der Waals surface area contributed by atoms with Crippen LogP contribution in [0.5, 0.6) is 0 Å². The highest BCUT2D eigenvalue weighted by molar-refractivity contribution is 5.71. The molecule has 0 aliphatic carbocycles. The molecule has 0 aliphatic heterocycles. The molecule has 0 radical (unpaired) electrons. The average Bonchev–Trinajstić information content (AvgIpc) is 2.81. The zero-order valence-corrected chi connectivity index (χ0v) is 22.5. The minimum Gasteiger partial charge on any atom is -0.0654 e. The van der Waals surface area contributed by atoms with E-state index in [0.29, 0.717) is 0 Å². The first kappa shape index (κ1) is 27.7. The zero-order valence-electron chi connectivity index (χ0n) is 22.5. The van der Waals surface area contributed by atoms with E-state index in [0.717, 1.165) is 0 Å². The molecule has 0 bridgehead atoms. The topological polar surface area (TPSA) is 0 Å². The van der Waals surface area contributed by atoms with E-state index in [1.807, 2.05) is 0 Å². The third-order valence-corrected chi connectivity index (χ3v) is 7.16. The quantitative estimate of drug-likeness (QED) is 0.199. The molecule has 0 saturated carbocycles. The number of hydrogen-bond donors (Lipinski definition) is 0. The van der Waals surface area contributed by atoms with Crippen LogP contribution in [-0.2, 0) is 12.8 Å². The summed E-state index contributed by atoms with van der Waals surface area (Å²) >= 11 is 0.